The predicted molar refractivity (Wildman–Crippen MR) is 275 cm³/mol. The van der Waals surface area contributed by atoms with Crippen LogP contribution >= 0.6 is 0 Å². The third kappa shape index (κ3) is 5.26. The highest BCUT2D eigenvalue weighted by atomic mass is 15.4. The molecule has 1 aliphatic heterocycles. The first-order valence-electron chi connectivity index (χ1n) is 22.9. The average Bonchev–Trinajstić information content (AvgIpc) is 4.00. The summed E-state index contributed by atoms with van der Waals surface area (Å²) in [5, 5.41) is 8.21. The fourth-order valence-electron chi connectivity index (χ4n) is 11.6. The maximum Gasteiger partial charge on any atom is 0.235 e. The van der Waals surface area contributed by atoms with Gasteiger partial charge in [0.1, 0.15) is 17.4 Å². The first kappa shape index (κ1) is 37.0. The zero-order valence-corrected chi connectivity index (χ0v) is 36.3. The van der Waals surface area contributed by atoms with E-state index in [-0.39, 0.29) is 12.0 Å². The quantitative estimate of drug-likeness (QED) is 0.162. The molecular formula is C61H42N5+. The molecule has 0 amide bonds. The van der Waals surface area contributed by atoms with E-state index in [9.17, 15) is 0 Å². The van der Waals surface area contributed by atoms with Gasteiger partial charge < -0.3 is 4.57 Å². The van der Waals surface area contributed by atoms with Gasteiger partial charge in [-0.05, 0) is 107 Å². The lowest BCUT2D eigenvalue weighted by Crippen LogP contribution is -2.46. The summed E-state index contributed by atoms with van der Waals surface area (Å²) >= 11 is 0. The number of para-hydroxylation sites is 4. The highest BCUT2D eigenvalue weighted by molar-refractivity contribution is 6.22. The number of hydrogen-bond acceptors (Lipinski definition) is 2. The topological polar surface area (TPSA) is 35.6 Å². The molecule has 12 aromatic rings. The van der Waals surface area contributed by atoms with Crippen molar-refractivity contribution in [3.05, 3.63) is 230 Å². The molecule has 3 aromatic heterocycles. The summed E-state index contributed by atoms with van der Waals surface area (Å²) in [6.45, 7) is 0. The minimum absolute atomic E-state index is 0.284. The van der Waals surface area contributed by atoms with E-state index in [0.29, 0.717) is 5.95 Å². The van der Waals surface area contributed by atoms with E-state index in [4.69, 9.17) is 9.97 Å². The van der Waals surface area contributed by atoms with Gasteiger partial charge in [-0.3, -0.25) is 9.05 Å². The first-order chi connectivity index (χ1) is 32.6. The molecule has 66 heavy (non-hydrogen) atoms. The largest absolute Gasteiger partial charge is 0.309 e. The zero-order valence-electron chi connectivity index (χ0n) is 36.3. The molecule has 310 valence electrons. The van der Waals surface area contributed by atoms with Crippen LogP contribution in [-0.4, -0.2) is 32.2 Å². The zero-order chi connectivity index (χ0) is 43.5. The third-order valence-corrected chi connectivity index (χ3v) is 14.6. The molecule has 0 radical (unpaired) electrons. The van der Waals surface area contributed by atoms with Crippen molar-refractivity contribution in [2.45, 2.75) is 12.0 Å². The Hall–Kier alpha value is -8.38. The molecular weight excluding hydrogens is 803 g/mol. The molecule has 14 rings (SSSR count). The van der Waals surface area contributed by atoms with Crippen molar-refractivity contribution in [1.29, 1.82) is 0 Å². The number of nitrogens with zero attached hydrogens (tertiary/aromatic N) is 5. The summed E-state index contributed by atoms with van der Waals surface area (Å²) in [5.41, 5.74) is 14.9. The van der Waals surface area contributed by atoms with Gasteiger partial charge in [-0.15, -0.1) is 0 Å². The van der Waals surface area contributed by atoms with Crippen LogP contribution in [0.2, 0.25) is 0 Å². The van der Waals surface area contributed by atoms with Crippen LogP contribution in [-0.2, 0) is 0 Å². The van der Waals surface area contributed by atoms with Crippen molar-refractivity contribution in [3.63, 3.8) is 0 Å². The van der Waals surface area contributed by atoms with Crippen LogP contribution in [0.5, 0.6) is 0 Å². The third-order valence-electron chi connectivity index (χ3n) is 14.6. The van der Waals surface area contributed by atoms with Gasteiger partial charge in [-0.2, -0.15) is 0 Å². The fraction of sp³-hybridized carbons (Fsp3) is 0.0492. The monoisotopic (exact) mass is 844 g/mol. The van der Waals surface area contributed by atoms with Crippen molar-refractivity contribution in [1.82, 2.24) is 23.6 Å². The molecule has 0 fully saturated rings. The lowest BCUT2D eigenvalue weighted by Gasteiger charge is -2.36. The number of aromatic nitrogens is 4. The van der Waals surface area contributed by atoms with Gasteiger partial charge in [0.05, 0.1) is 46.2 Å². The van der Waals surface area contributed by atoms with Crippen LogP contribution in [0.25, 0.3) is 99.3 Å². The van der Waals surface area contributed by atoms with Gasteiger partial charge in [0.2, 0.25) is 5.95 Å². The van der Waals surface area contributed by atoms with E-state index in [2.05, 4.69) is 241 Å². The predicted octanol–water partition coefficient (Wildman–Crippen LogP) is 15.2. The van der Waals surface area contributed by atoms with Crippen LogP contribution in [0, 0.1) is 0 Å². The molecule has 1 aliphatic carbocycles. The highest BCUT2D eigenvalue weighted by Gasteiger charge is 2.50. The maximum absolute atomic E-state index is 5.57. The maximum atomic E-state index is 5.57. The Morgan fingerprint density at radius 3 is 1.95 bits per heavy atom. The van der Waals surface area contributed by atoms with Gasteiger partial charge >= 0.3 is 0 Å². The fourth-order valence-corrected chi connectivity index (χ4v) is 11.6. The Kier molecular flexibility index (Phi) is 7.89. The second kappa shape index (κ2) is 14.1. The molecule has 9 aromatic carbocycles. The number of hydrogen-bond donors (Lipinski definition) is 0. The standard InChI is InChI=1S/C61H42N5/c1-66(44-19-6-3-7-20-44)57-27-15-12-23-47(57)50-36-41(31-35-58(50)66)40-29-32-55-51(37-40)59-45-21-9-8-16-39(45)28-34-56(59)65(55)61-62-52-25-13-10-24-48(52)60(63-61)42-30-33-54-49(38-42)46-22-11-14-26-53(46)64(54)43-17-4-2-5-18-43/h2-38,47,57H,1H3/q+1. The summed E-state index contributed by atoms with van der Waals surface area (Å²) in [7, 11) is 2.37. The number of fused-ring (bicyclic) bond motifs is 12. The Bertz CT molecular complexity index is 4030. The number of rotatable bonds is 5. The van der Waals surface area contributed by atoms with Crippen LogP contribution < -0.4 is 4.48 Å². The van der Waals surface area contributed by atoms with Crippen LogP contribution in [0.15, 0.2) is 224 Å². The summed E-state index contributed by atoms with van der Waals surface area (Å²) in [5.74, 6) is 0.935. The van der Waals surface area contributed by atoms with Crippen LogP contribution in [0.3, 0.4) is 0 Å². The van der Waals surface area contributed by atoms with E-state index in [1.807, 2.05) is 0 Å². The van der Waals surface area contributed by atoms with Crippen LogP contribution in [0.4, 0.5) is 11.4 Å². The average molecular weight is 845 g/mol. The smallest absolute Gasteiger partial charge is 0.235 e. The summed E-state index contributed by atoms with van der Waals surface area (Å²) in [4.78, 5) is 10.9. The lowest BCUT2D eigenvalue weighted by molar-refractivity contribution is 0.400. The number of likely N-dealkylation sites (N-methyl/N-ethyl adjacent to an activating group) is 1. The van der Waals surface area contributed by atoms with E-state index in [1.54, 1.807) is 0 Å². The van der Waals surface area contributed by atoms with E-state index in [0.717, 1.165) is 48.9 Å². The van der Waals surface area contributed by atoms with E-state index >= 15 is 0 Å². The second-order valence-corrected chi connectivity index (χ2v) is 18.0. The Labute approximate surface area is 381 Å². The van der Waals surface area contributed by atoms with Gasteiger partial charge in [0.15, 0.2) is 0 Å². The van der Waals surface area contributed by atoms with Gasteiger partial charge in [0, 0.05) is 49.8 Å². The Morgan fingerprint density at radius 1 is 0.455 bits per heavy atom. The van der Waals surface area contributed by atoms with Crippen molar-refractivity contribution < 1.29 is 0 Å². The molecule has 5 nitrogen and oxygen atoms in total. The van der Waals surface area contributed by atoms with Crippen molar-refractivity contribution in [2.24, 2.45) is 0 Å². The van der Waals surface area contributed by atoms with E-state index in [1.165, 1.54) is 65.9 Å². The second-order valence-electron chi connectivity index (χ2n) is 18.0. The van der Waals surface area contributed by atoms with Crippen molar-refractivity contribution in [2.75, 3.05) is 7.05 Å². The van der Waals surface area contributed by atoms with Gasteiger partial charge in [-0.25, -0.2) is 9.97 Å². The highest BCUT2D eigenvalue weighted by Crippen LogP contribution is 2.53. The molecule has 0 saturated carbocycles. The SMILES string of the molecule is C[N+]1(c2ccccc2)c2ccc(-c3ccc4c(c3)c3c5ccccc5ccc3n4-c3nc(-c4ccc5c(c4)c4ccccc4n5-c4ccccc4)c4ccccc4n3)cc2C2C=CC=CC21. The molecule has 0 N–H and O–H groups in total. The lowest BCUT2D eigenvalue weighted by atomic mass is 9.89. The first-order valence-corrected chi connectivity index (χ1v) is 22.9. The van der Waals surface area contributed by atoms with E-state index < -0.39 is 0 Å². The molecule has 0 spiro atoms. The molecule has 3 unspecified atom stereocenters. The Morgan fingerprint density at radius 2 is 1.09 bits per heavy atom. The molecule has 3 atom stereocenters. The summed E-state index contributed by atoms with van der Waals surface area (Å²) < 4.78 is 5.39. The van der Waals surface area contributed by atoms with Gasteiger partial charge in [0.25, 0.3) is 0 Å². The number of benzene rings is 9. The van der Waals surface area contributed by atoms with Crippen LogP contribution in [0.1, 0.15) is 11.5 Å². The normalized spacial score (nSPS) is 17.7. The molecule has 4 heterocycles. The molecule has 5 heteroatoms. The molecule has 2 aliphatic rings. The van der Waals surface area contributed by atoms with Crippen molar-refractivity contribution >= 4 is 76.7 Å². The van der Waals surface area contributed by atoms with Crippen molar-refractivity contribution in [3.8, 4) is 34.0 Å². The molecule has 0 saturated heterocycles. The molecule has 0 bridgehead atoms. The minimum Gasteiger partial charge on any atom is -0.309 e. The number of allylic oxidation sites excluding steroid dienone is 2. The summed E-state index contributed by atoms with van der Waals surface area (Å²) in [6, 6.07) is 73.2. The van der Waals surface area contributed by atoms with Gasteiger partial charge in [-0.1, -0.05) is 133 Å². The summed E-state index contributed by atoms with van der Waals surface area (Å²) in [6.07, 6.45) is 9.22. The number of quaternary nitrogens is 1. The Balaban J connectivity index is 0.970. The minimum atomic E-state index is 0.284.